The molecule has 0 aliphatic heterocycles. The Labute approximate surface area is 145 Å². The standard InChI is InChI=1S/C19H29N5/c1-5-12-23(13-6-2)18-14-20-22-19(21-18)24(16(3)4)15-17-10-8-7-9-11-17/h7-11,14,16H,5-6,12-13,15H2,1-4H3. The summed E-state index contributed by atoms with van der Waals surface area (Å²) in [5, 5.41) is 8.52. The molecule has 0 atom stereocenters. The normalized spacial score (nSPS) is 10.9. The molecule has 2 rings (SSSR count). The van der Waals surface area contributed by atoms with Crippen molar-refractivity contribution in [3.8, 4) is 0 Å². The molecule has 0 bridgehead atoms. The van der Waals surface area contributed by atoms with Gasteiger partial charge >= 0.3 is 0 Å². The number of benzene rings is 1. The lowest BCUT2D eigenvalue weighted by Crippen LogP contribution is -2.33. The molecule has 0 aliphatic carbocycles. The second-order valence-electron chi connectivity index (χ2n) is 6.31. The highest BCUT2D eigenvalue weighted by molar-refractivity contribution is 5.42. The van der Waals surface area contributed by atoms with Crippen LogP contribution in [-0.4, -0.2) is 34.3 Å². The fourth-order valence-electron chi connectivity index (χ4n) is 2.70. The number of aromatic nitrogens is 3. The average Bonchev–Trinajstić information content (AvgIpc) is 2.60. The average molecular weight is 327 g/mol. The van der Waals surface area contributed by atoms with Crippen LogP contribution in [0, 0.1) is 0 Å². The van der Waals surface area contributed by atoms with Crippen molar-refractivity contribution in [1.29, 1.82) is 0 Å². The first-order valence-corrected chi connectivity index (χ1v) is 8.90. The Kier molecular flexibility index (Phi) is 6.97. The molecule has 0 saturated carbocycles. The second kappa shape index (κ2) is 9.21. The second-order valence-corrected chi connectivity index (χ2v) is 6.31. The Hall–Kier alpha value is -2.17. The molecular weight excluding hydrogens is 298 g/mol. The molecule has 0 unspecified atom stereocenters. The molecule has 0 fully saturated rings. The van der Waals surface area contributed by atoms with Gasteiger partial charge < -0.3 is 9.80 Å². The lowest BCUT2D eigenvalue weighted by Gasteiger charge is -2.28. The Morgan fingerprint density at radius 2 is 1.67 bits per heavy atom. The SMILES string of the molecule is CCCN(CCC)c1cnnc(N(Cc2ccccc2)C(C)C)n1. The van der Waals surface area contributed by atoms with Gasteiger partial charge in [-0.1, -0.05) is 44.2 Å². The number of hydrogen-bond donors (Lipinski definition) is 0. The molecule has 5 heteroatoms. The van der Waals surface area contributed by atoms with Crippen LogP contribution < -0.4 is 9.80 Å². The van der Waals surface area contributed by atoms with Gasteiger partial charge in [-0.2, -0.15) is 10.1 Å². The van der Waals surface area contributed by atoms with E-state index in [0.717, 1.165) is 38.3 Å². The fraction of sp³-hybridized carbons (Fsp3) is 0.526. The van der Waals surface area contributed by atoms with Gasteiger partial charge in [0.15, 0.2) is 5.82 Å². The maximum Gasteiger partial charge on any atom is 0.247 e. The van der Waals surface area contributed by atoms with Crippen molar-refractivity contribution < 1.29 is 0 Å². The van der Waals surface area contributed by atoms with Gasteiger partial charge in [0.2, 0.25) is 5.95 Å². The highest BCUT2D eigenvalue weighted by Gasteiger charge is 2.17. The van der Waals surface area contributed by atoms with Crippen LogP contribution in [0.1, 0.15) is 46.1 Å². The van der Waals surface area contributed by atoms with Crippen molar-refractivity contribution in [3.05, 3.63) is 42.1 Å². The highest BCUT2D eigenvalue weighted by Crippen LogP contribution is 2.18. The number of hydrogen-bond acceptors (Lipinski definition) is 5. The van der Waals surface area contributed by atoms with E-state index in [1.807, 2.05) is 6.07 Å². The van der Waals surface area contributed by atoms with Gasteiger partial charge in [-0.15, -0.1) is 5.10 Å². The monoisotopic (exact) mass is 327 g/mol. The lowest BCUT2D eigenvalue weighted by atomic mass is 10.2. The Morgan fingerprint density at radius 3 is 2.25 bits per heavy atom. The summed E-state index contributed by atoms with van der Waals surface area (Å²) in [6.07, 6.45) is 3.96. The van der Waals surface area contributed by atoms with Crippen molar-refractivity contribution in [3.63, 3.8) is 0 Å². The van der Waals surface area contributed by atoms with E-state index in [-0.39, 0.29) is 0 Å². The van der Waals surface area contributed by atoms with Gasteiger partial charge in [-0.05, 0) is 32.3 Å². The molecular formula is C19H29N5. The van der Waals surface area contributed by atoms with Crippen LogP contribution in [0.25, 0.3) is 0 Å². The number of anilines is 2. The van der Waals surface area contributed by atoms with Crippen LogP contribution in [0.4, 0.5) is 11.8 Å². The Balaban J connectivity index is 2.25. The van der Waals surface area contributed by atoms with E-state index < -0.39 is 0 Å². The third kappa shape index (κ3) is 4.91. The zero-order chi connectivity index (χ0) is 17.4. The summed E-state index contributed by atoms with van der Waals surface area (Å²) < 4.78 is 0. The molecule has 1 heterocycles. The summed E-state index contributed by atoms with van der Waals surface area (Å²) in [6.45, 7) is 11.5. The third-order valence-electron chi connectivity index (χ3n) is 3.92. The van der Waals surface area contributed by atoms with Gasteiger partial charge in [0.25, 0.3) is 0 Å². The summed E-state index contributed by atoms with van der Waals surface area (Å²) in [4.78, 5) is 9.29. The predicted molar refractivity (Wildman–Crippen MR) is 100 cm³/mol. The molecule has 0 amide bonds. The largest absolute Gasteiger partial charge is 0.355 e. The maximum absolute atomic E-state index is 4.81. The minimum absolute atomic E-state index is 0.299. The molecule has 0 N–H and O–H groups in total. The predicted octanol–water partition coefficient (Wildman–Crippen LogP) is 3.91. The van der Waals surface area contributed by atoms with Crippen LogP contribution in [0.15, 0.2) is 36.5 Å². The minimum atomic E-state index is 0.299. The van der Waals surface area contributed by atoms with E-state index in [4.69, 9.17) is 4.98 Å². The zero-order valence-corrected chi connectivity index (χ0v) is 15.3. The van der Waals surface area contributed by atoms with Gasteiger partial charge in [0, 0.05) is 25.7 Å². The molecule has 0 spiro atoms. The van der Waals surface area contributed by atoms with Gasteiger partial charge in [-0.25, -0.2) is 0 Å². The van der Waals surface area contributed by atoms with Crippen molar-refractivity contribution in [2.75, 3.05) is 22.9 Å². The topological polar surface area (TPSA) is 45.2 Å². The van der Waals surface area contributed by atoms with Crippen molar-refractivity contribution >= 4 is 11.8 Å². The van der Waals surface area contributed by atoms with Crippen LogP contribution in [-0.2, 0) is 6.54 Å². The molecule has 24 heavy (non-hydrogen) atoms. The first-order chi connectivity index (χ1) is 11.7. The van der Waals surface area contributed by atoms with Crippen LogP contribution in [0.5, 0.6) is 0 Å². The van der Waals surface area contributed by atoms with E-state index in [9.17, 15) is 0 Å². The van der Waals surface area contributed by atoms with Gasteiger partial charge in [0.1, 0.15) is 0 Å². The van der Waals surface area contributed by atoms with E-state index >= 15 is 0 Å². The molecule has 5 nitrogen and oxygen atoms in total. The summed E-state index contributed by atoms with van der Waals surface area (Å²) in [5.41, 5.74) is 1.25. The number of rotatable bonds is 9. The van der Waals surface area contributed by atoms with E-state index in [2.05, 4.69) is 72.0 Å². The molecule has 0 aliphatic rings. The summed E-state index contributed by atoms with van der Waals surface area (Å²) in [6, 6.07) is 10.7. The van der Waals surface area contributed by atoms with Crippen molar-refractivity contribution in [2.24, 2.45) is 0 Å². The van der Waals surface area contributed by atoms with E-state index in [0.29, 0.717) is 12.0 Å². The molecule has 2 aromatic rings. The van der Waals surface area contributed by atoms with Crippen LogP contribution in [0.3, 0.4) is 0 Å². The lowest BCUT2D eigenvalue weighted by molar-refractivity contribution is 0.647. The molecule has 1 aromatic heterocycles. The molecule has 0 saturated heterocycles. The number of nitrogens with zero attached hydrogens (tertiary/aromatic N) is 5. The van der Waals surface area contributed by atoms with Gasteiger partial charge in [0.05, 0.1) is 6.20 Å². The molecule has 1 aromatic carbocycles. The summed E-state index contributed by atoms with van der Waals surface area (Å²) in [7, 11) is 0. The van der Waals surface area contributed by atoms with Crippen LogP contribution in [0.2, 0.25) is 0 Å². The Bertz CT molecular complexity index is 594. The van der Waals surface area contributed by atoms with Crippen LogP contribution >= 0.6 is 0 Å². The van der Waals surface area contributed by atoms with E-state index in [1.54, 1.807) is 6.20 Å². The molecule has 130 valence electrons. The van der Waals surface area contributed by atoms with Crippen molar-refractivity contribution in [2.45, 2.75) is 53.1 Å². The maximum atomic E-state index is 4.81. The Morgan fingerprint density at radius 1 is 1.00 bits per heavy atom. The van der Waals surface area contributed by atoms with Gasteiger partial charge in [-0.3, -0.25) is 0 Å². The fourth-order valence-corrected chi connectivity index (χ4v) is 2.70. The summed E-state index contributed by atoms with van der Waals surface area (Å²) >= 11 is 0. The van der Waals surface area contributed by atoms with E-state index in [1.165, 1.54) is 5.56 Å². The first-order valence-electron chi connectivity index (χ1n) is 8.90. The van der Waals surface area contributed by atoms with Crippen molar-refractivity contribution in [1.82, 2.24) is 15.2 Å². The third-order valence-corrected chi connectivity index (χ3v) is 3.92. The minimum Gasteiger partial charge on any atom is -0.355 e. The highest BCUT2D eigenvalue weighted by atomic mass is 15.4. The summed E-state index contributed by atoms with van der Waals surface area (Å²) in [5.74, 6) is 1.62. The quantitative estimate of drug-likeness (QED) is 0.698. The zero-order valence-electron chi connectivity index (χ0n) is 15.3. The smallest absolute Gasteiger partial charge is 0.247 e. The molecule has 0 radical (unpaired) electrons. The first kappa shape index (κ1) is 18.2.